The molecule has 0 spiro atoms. The van der Waals surface area contributed by atoms with Crippen LogP contribution in [0.1, 0.15) is 32.6 Å². The summed E-state index contributed by atoms with van der Waals surface area (Å²) in [6, 6.07) is 3.43. The molecule has 6 heteroatoms. The van der Waals surface area contributed by atoms with Gasteiger partial charge in [-0.3, -0.25) is 4.79 Å². The van der Waals surface area contributed by atoms with Crippen LogP contribution in [0.15, 0.2) is 18.3 Å². The summed E-state index contributed by atoms with van der Waals surface area (Å²) in [5, 5.41) is 0. The molecule has 2 aromatic rings. The summed E-state index contributed by atoms with van der Waals surface area (Å²) in [7, 11) is 0. The number of hydrogen-bond acceptors (Lipinski definition) is 3. The first-order chi connectivity index (χ1) is 10.1. The van der Waals surface area contributed by atoms with Gasteiger partial charge in [-0.1, -0.05) is 0 Å². The topological polar surface area (TPSA) is 51.0 Å². The number of aryl methyl sites for hydroxylation is 1. The van der Waals surface area contributed by atoms with Crippen molar-refractivity contribution in [2.45, 2.75) is 33.2 Å². The fourth-order valence-electron chi connectivity index (χ4n) is 2.55. The molecule has 0 N–H and O–H groups in total. The molecule has 0 aliphatic heterocycles. The SMILES string of the molecule is CCN(CC)C(=O)C(C)n1c(CCCl)nc2cccnc21. The third kappa shape index (κ3) is 3.02. The Hall–Kier alpha value is -1.62. The molecule has 0 saturated heterocycles. The molecule has 2 aromatic heterocycles. The molecule has 2 heterocycles. The number of halogens is 1. The second kappa shape index (κ2) is 6.89. The fraction of sp³-hybridized carbons (Fsp3) is 0.533. The Morgan fingerprint density at radius 1 is 1.43 bits per heavy atom. The molecule has 0 aromatic carbocycles. The zero-order valence-corrected chi connectivity index (χ0v) is 13.5. The molecule has 0 radical (unpaired) electrons. The van der Waals surface area contributed by atoms with Gasteiger partial charge in [-0.15, -0.1) is 11.6 Å². The van der Waals surface area contributed by atoms with Crippen LogP contribution in [0, 0.1) is 0 Å². The highest BCUT2D eigenvalue weighted by molar-refractivity contribution is 6.17. The summed E-state index contributed by atoms with van der Waals surface area (Å²) < 4.78 is 1.92. The first-order valence-electron chi connectivity index (χ1n) is 7.30. The van der Waals surface area contributed by atoms with Gasteiger partial charge in [0.25, 0.3) is 0 Å². The van der Waals surface area contributed by atoms with Crippen LogP contribution in [0.5, 0.6) is 0 Å². The highest BCUT2D eigenvalue weighted by Crippen LogP contribution is 2.21. The molecule has 2 rings (SSSR count). The molecule has 114 valence electrons. The second-order valence-electron chi connectivity index (χ2n) is 4.87. The lowest BCUT2D eigenvalue weighted by Crippen LogP contribution is -2.36. The van der Waals surface area contributed by atoms with E-state index in [-0.39, 0.29) is 11.9 Å². The van der Waals surface area contributed by atoms with E-state index >= 15 is 0 Å². The highest BCUT2D eigenvalue weighted by atomic mass is 35.5. The monoisotopic (exact) mass is 308 g/mol. The van der Waals surface area contributed by atoms with E-state index in [4.69, 9.17) is 11.6 Å². The lowest BCUT2D eigenvalue weighted by atomic mass is 10.2. The Morgan fingerprint density at radius 2 is 2.14 bits per heavy atom. The van der Waals surface area contributed by atoms with Crippen molar-refractivity contribution < 1.29 is 4.79 Å². The van der Waals surface area contributed by atoms with Crippen LogP contribution >= 0.6 is 11.6 Å². The van der Waals surface area contributed by atoms with Gasteiger partial charge in [-0.05, 0) is 32.9 Å². The van der Waals surface area contributed by atoms with Crippen LogP contribution in [0.4, 0.5) is 0 Å². The molecule has 0 bridgehead atoms. The minimum Gasteiger partial charge on any atom is -0.341 e. The summed E-state index contributed by atoms with van der Waals surface area (Å²) in [6.45, 7) is 7.26. The van der Waals surface area contributed by atoms with Crippen LogP contribution < -0.4 is 0 Å². The van der Waals surface area contributed by atoms with Gasteiger partial charge < -0.3 is 9.47 Å². The Balaban J connectivity index is 2.47. The fourth-order valence-corrected chi connectivity index (χ4v) is 2.72. The van der Waals surface area contributed by atoms with Crippen molar-refractivity contribution >= 4 is 28.7 Å². The number of alkyl halides is 1. The minimum absolute atomic E-state index is 0.0841. The largest absolute Gasteiger partial charge is 0.341 e. The van der Waals surface area contributed by atoms with Crippen molar-refractivity contribution in [3.8, 4) is 0 Å². The Bertz CT molecular complexity index is 621. The van der Waals surface area contributed by atoms with E-state index in [1.807, 2.05) is 42.4 Å². The van der Waals surface area contributed by atoms with Crippen LogP contribution in [-0.4, -0.2) is 44.3 Å². The molecule has 21 heavy (non-hydrogen) atoms. The molecular formula is C15H21ClN4O. The lowest BCUT2D eigenvalue weighted by molar-refractivity contribution is -0.133. The third-order valence-corrected chi connectivity index (χ3v) is 3.85. The molecule has 5 nitrogen and oxygen atoms in total. The molecule has 0 aliphatic carbocycles. The average molecular weight is 309 g/mol. The molecule has 0 fully saturated rings. The number of pyridine rings is 1. The summed E-state index contributed by atoms with van der Waals surface area (Å²) >= 11 is 5.87. The summed E-state index contributed by atoms with van der Waals surface area (Å²) in [6.07, 6.45) is 2.34. The Kier molecular flexibility index (Phi) is 5.17. The predicted molar refractivity (Wildman–Crippen MR) is 84.6 cm³/mol. The average Bonchev–Trinajstić information content (AvgIpc) is 2.86. The van der Waals surface area contributed by atoms with Crippen molar-refractivity contribution in [1.82, 2.24) is 19.4 Å². The Morgan fingerprint density at radius 3 is 2.76 bits per heavy atom. The second-order valence-corrected chi connectivity index (χ2v) is 5.25. The number of nitrogens with zero attached hydrogens (tertiary/aromatic N) is 4. The van der Waals surface area contributed by atoms with Crippen LogP contribution in [0.25, 0.3) is 11.2 Å². The van der Waals surface area contributed by atoms with Crippen LogP contribution in [0.2, 0.25) is 0 Å². The first-order valence-corrected chi connectivity index (χ1v) is 7.84. The number of hydrogen-bond donors (Lipinski definition) is 0. The maximum absolute atomic E-state index is 12.6. The van der Waals surface area contributed by atoms with Crippen LogP contribution in [0.3, 0.4) is 0 Å². The number of amides is 1. The van der Waals surface area contributed by atoms with Gasteiger partial charge in [0, 0.05) is 31.6 Å². The molecular weight excluding hydrogens is 288 g/mol. The number of carbonyl (C=O) groups is 1. The van der Waals surface area contributed by atoms with Gasteiger partial charge in [-0.2, -0.15) is 0 Å². The van der Waals surface area contributed by atoms with Crippen molar-refractivity contribution in [2.24, 2.45) is 0 Å². The number of rotatable bonds is 6. The third-order valence-electron chi connectivity index (χ3n) is 3.66. The van der Waals surface area contributed by atoms with E-state index in [9.17, 15) is 4.79 Å². The highest BCUT2D eigenvalue weighted by Gasteiger charge is 2.24. The van der Waals surface area contributed by atoms with Crippen molar-refractivity contribution in [3.05, 3.63) is 24.2 Å². The summed E-state index contributed by atoms with van der Waals surface area (Å²) in [5.41, 5.74) is 1.54. The number of fused-ring (bicyclic) bond motifs is 1. The van der Waals surface area contributed by atoms with Crippen molar-refractivity contribution in [3.63, 3.8) is 0 Å². The standard InChI is InChI=1S/C15H21ClN4O/c1-4-19(5-2)15(21)11(3)20-13(8-9-16)18-12-7-6-10-17-14(12)20/h6-7,10-11H,4-5,8-9H2,1-3H3. The normalized spacial score (nSPS) is 12.6. The molecule has 0 saturated carbocycles. The smallest absolute Gasteiger partial charge is 0.245 e. The van der Waals surface area contributed by atoms with Crippen LogP contribution in [-0.2, 0) is 11.2 Å². The van der Waals surface area contributed by atoms with Gasteiger partial charge >= 0.3 is 0 Å². The first kappa shape index (κ1) is 15.8. The van der Waals surface area contributed by atoms with Crippen molar-refractivity contribution in [1.29, 1.82) is 0 Å². The van der Waals surface area contributed by atoms with E-state index in [1.54, 1.807) is 6.20 Å². The van der Waals surface area contributed by atoms with Gasteiger partial charge in [0.2, 0.25) is 5.91 Å². The number of aromatic nitrogens is 3. The summed E-state index contributed by atoms with van der Waals surface area (Å²) in [4.78, 5) is 23.4. The number of likely N-dealkylation sites (N-methyl/N-ethyl adjacent to an activating group) is 1. The van der Waals surface area contributed by atoms with E-state index in [2.05, 4.69) is 9.97 Å². The maximum Gasteiger partial charge on any atom is 0.245 e. The van der Waals surface area contributed by atoms with Gasteiger partial charge in [-0.25, -0.2) is 9.97 Å². The molecule has 0 aliphatic rings. The van der Waals surface area contributed by atoms with E-state index in [0.717, 1.165) is 17.0 Å². The zero-order valence-electron chi connectivity index (χ0n) is 12.7. The predicted octanol–water partition coefficient (Wildman–Crippen LogP) is 2.64. The molecule has 1 atom stereocenters. The number of imidazole rings is 1. The van der Waals surface area contributed by atoms with Gasteiger partial charge in [0.1, 0.15) is 17.4 Å². The van der Waals surface area contributed by atoms with Crippen molar-refractivity contribution in [2.75, 3.05) is 19.0 Å². The van der Waals surface area contributed by atoms with E-state index < -0.39 is 0 Å². The van der Waals surface area contributed by atoms with E-state index in [1.165, 1.54) is 0 Å². The summed E-state index contributed by atoms with van der Waals surface area (Å²) in [5.74, 6) is 1.36. The Labute approximate surface area is 129 Å². The van der Waals surface area contributed by atoms with Gasteiger partial charge in [0.05, 0.1) is 0 Å². The minimum atomic E-state index is -0.331. The van der Waals surface area contributed by atoms with E-state index in [0.29, 0.717) is 25.4 Å². The van der Waals surface area contributed by atoms with Gasteiger partial charge in [0.15, 0.2) is 5.65 Å². The number of carbonyl (C=O) groups excluding carboxylic acids is 1. The quantitative estimate of drug-likeness (QED) is 0.771. The zero-order chi connectivity index (χ0) is 15.4. The molecule has 1 unspecified atom stereocenters. The molecule has 1 amide bonds. The maximum atomic E-state index is 12.6. The lowest BCUT2D eigenvalue weighted by Gasteiger charge is -2.24.